The number of nitrogens with zero attached hydrogens (tertiary/aromatic N) is 2. The Kier molecular flexibility index (Phi) is 7.40. The van der Waals surface area contributed by atoms with E-state index >= 15 is 0 Å². The van der Waals surface area contributed by atoms with Gasteiger partial charge >= 0.3 is 0 Å². The highest BCUT2D eigenvalue weighted by molar-refractivity contribution is 6.33. The first-order valence-electron chi connectivity index (χ1n) is 9.27. The molecule has 0 spiro atoms. The van der Waals surface area contributed by atoms with Crippen LogP contribution < -0.4 is 10.1 Å². The van der Waals surface area contributed by atoms with Crippen molar-refractivity contribution in [1.82, 2.24) is 10.2 Å². The lowest BCUT2D eigenvalue weighted by molar-refractivity contribution is -0.384. The number of halogens is 1. The smallest absolute Gasteiger partial charge is 0.270 e. The molecule has 1 fully saturated rings. The van der Waals surface area contributed by atoms with Crippen molar-refractivity contribution in [2.75, 3.05) is 39.5 Å². The lowest BCUT2D eigenvalue weighted by Crippen LogP contribution is -2.38. The fourth-order valence-electron chi connectivity index (χ4n) is 2.94. The molecule has 2 aromatic rings. The number of non-ortho nitro benzene ring substituents is 1. The van der Waals surface area contributed by atoms with Crippen LogP contribution in [0.2, 0.25) is 5.02 Å². The number of benzene rings is 2. The van der Waals surface area contributed by atoms with E-state index in [0.717, 1.165) is 44.2 Å². The number of amides is 1. The van der Waals surface area contributed by atoms with Crippen LogP contribution in [0.4, 0.5) is 5.69 Å². The van der Waals surface area contributed by atoms with Gasteiger partial charge in [-0.3, -0.25) is 19.8 Å². The number of hydrogen-bond donors (Lipinski definition) is 1. The van der Waals surface area contributed by atoms with E-state index in [0.29, 0.717) is 6.61 Å². The number of nitro groups is 1. The molecule has 0 saturated carbocycles. The molecule has 2 aromatic carbocycles. The number of rotatable bonds is 8. The molecule has 1 amide bonds. The number of nitrogens with one attached hydrogen (secondary N) is 1. The number of ether oxygens (including phenoxy) is 2. The van der Waals surface area contributed by atoms with Gasteiger partial charge in [-0.2, -0.15) is 0 Å². The van der Waals surface area contributed by atoms with E-state index in [2.05, 4.69) is 10.2 Å². The Morgan fingerprint density at radius 1 is 1.24 bits per heavy atom. The molecule has 1 saturated heterocycles. The Balaban J connectivity index is 1.53. The van der Waals surface area contributed by atoms with Crippen molar-refractivity contribution >= 4 is 23.2 Å². The zero-order valence-electron chi connectivity index (χ0n) is 15.8. The summed E-state index contributed by atoms with van der Waals surface area (Å²) in [5.41, 5.74) is 0.734. The van der Waals surface area contributed by atoms with E-state index in [4.69, 9.17) is 21.1 Å². The number of carbonyl (C=O) groups is 1. The second kappa shape index (κ2) is 10.2. The van der Waals surface area contributed by atoms with Crippen LogP contribution in [0.15, 0.2) is 42.5 Å². The number of carbonyl (C=O) groups excluding carboxylic acids is 1. The number of nitro benzene ring substituents is 1. The van der Waals surface area contributed by atoms with Crippen molar-refractivity contribution in [2.45, 2.75) is 6.54 Å². The summed E-state index contributed by atoms with van der Waals surface area (Å²) in [6.45, 7) is 4.98. The fraction of sp³-hybridized carbons (Fsp3) is 0.350. The maximum Gasteiger partial charge on any atom is 0.270 e. The second-order valence-electron chi connectivity index (χ2n) is 6.55. The summed E-state index contributed by atoms with van der Waals surface area (Å²) in [5, 5.41) is 13.8. The van der Waals surface area contributed by atoms with Crippen LogP contribution in [0.5, 0.6) is 5.75 Å². The van der Waals surface area contributed by atoms with Gasteiger partial charge in [0, 0.05) is 38.3 Å². The monoisotopic (exact) mass is 419 g/mol. The second-order valence-corrected chi connectivity index (χ2v) is 6.96. The van der Waals surface area contributed by atoms with Gasteiger partial charge in [0.2, 0.25) is 0 Å². The zero-order chi connectivity index (χ0) is 20.6. The summed E-state index contributed by atoms with van der Waals surface area (Å²) in [4.78, 5) is 25.0. The Bertz CT molecular complexity index is 871. The summed E-state index contributed by atoms with van der Waals surface area (Å²) in [7, 11) is 0. The predicted octanol–water partition coefficient (Wildman–Crippen LogP) is 2.89. The maximum absolute atomic E-state index is 12.4. The normalized spacial score (nSPS) is 14.4. The molecule has 1 aliphatic rings. The molecule has 0 aliphatic carbocycles. The van der Waals surface area contributed by atoms with Crippen LogP contribution in [-0.4, -0.2) is 55.2 Å². The maximum atomic E-state index is 12.4. The highest BCUT2D eigenvalue weighted by atomic mass is 35.5. The molecule has 0 atom stereocenters. The van der Waals surface area contributed by atoms with E-state index in [-0.39, 0.29) is 22.8 Å². The van der Waals surface area contributed by atoms with Crippen LogP contribution in [-0.2, 0) is 11.3 Å². The third kappa shape index (κ3) is 6.15. The summed E-state index contributed by atoms with van der Waals surface area (Å²) >= 11 is 6.01. The average molecular weight is 420 g/mol. The average Bonchev–Trinajstić information content (AvgIpc) is 2.73. The lowest BCUT2D eigenvalue weighted by atomic mass is 10.1. The third-order valence-electron chi connectivity index (χ3n) is 4.54. The Labute approximate surface area is 173 Å². The SMILES string of the molecule is O=C(NCc1cccc(OCCN2CCOCC2)c1)c1cc([N+](=O)[O-])ccc1Cl. The summed E-state index contributed by atoms with van der Waals surface area (Å²) in [5.74, 6) is 0.246. The van der Waals surface area contributed by atoms with Crippen molar-refractivity contribution in [3.05, 3.63) is 68.7 Å². The highest BCUT2D eigenvalue weighted by Crippen LogP contribution is 2.22. The number of morpholine rings is 1. The van der Waals surface area contributed by atoms with Gasteiger partial charge in [-0.25, -0.2) is 0 Å². The number of hydrogen-bond acceptors (Lipinski definition) is 6. The molecule has 0 unspecified atom stereocenters. The molecule has 1 N–H and O–H groups in total. The topological polar surface area (TPSA) is 93.9 Å². The highest BCUT2D eigenvalue weighted by Gasteiger charge is 2.16. The quantitative estimate of drug-likeness (QED) is 0.522. The molecule has 0 aromatic heterocycles. The first kappa shape index (κ1) is 21.0. The van der Waals surface area contributed by atoms with Gasteiger partial charge < -0.3 is 14.8 Å². The Morgan fingerprint density at radius 3 is 2.79 bits per heavy atom. The first-order chi connectivity index (χ1) is 14.0. The molecule has 8 nitrogen and oxygen atoms in total. The standard InChI is InChI=1S/C20H22ClN3O5/c21-19-5-4-16(24(26)27)13-18(19)20(25)22-14-15-2-1-3-17(12-15)29-11-8-23-6-9-28-10-7-23/h1-5,12-13H,6-11,14H2,(H,22,25). The van der Waals surface area contributed by atoms with E-state index < -0.39 is 10.8 Å². The van der Waals surface area contributed by atoms with Gasteiger partial charge in [0.05, 0.1) is 28.7 Å². The summed E-state index contributed by atoms with van der Waals surface area (Å²) in [6, 6.07) is 11.2. The summed E-state index contributed by atoms with van der Waals surface area (Å²) < 4.78 is 11.1. The van der Waals surface area contributed by atoms with Crippen LogP contribution in [0, 0.1) is 10.1 Å². The third-order valence-corrected chi connectivity index (χ3v) is 4.87. The first-order valence-corrected chi connectivity index (χ1v) is 9.65. The molecule has 9 heteroatoms. The Hall–Kier alpha value is -2.68. The zero-order valence-corrected chi connectivity index (χ0v) is 16.6. The van der Waals surface area contributed by atoms with E-state index in [9.17, 15) is 14.9 Å². The molecule has 1 aliphatic heterocycles. The van der Waals surface area contributed by atoms with Crippen molar-refractivity contribution < 1.29 is 19.2 Å². The molecule has 0 bridgehead atoms. The minimum atomic E-state index is -0.565. The predicted molar refractivity (Wildman–Crippen MR) is 108 cm³/mol. The van der Waals surface area contributed by atoms with Gasteiger partial charge in [-0.05, 0) is 23.8 Å². The summed E-state index contributed by atoms with van der Waals surface area (Å²) in [6.07, 6.45) is 0. The fourth-order valence-corrected chi connectivity index (χ4v) is 3.14. The minimum absolute atomic E-state index is 0.0683. The molecular formula is C20H22ClN3O5. The lowest BCUT2D eigenvalue weighted by Gasteiger charge is -2.26. The van der Waals surface area contributed by atoms with Crippen LogP contribution in [0.3, 0.4) is 0 Å². The van der Waals surface area contributed by atoms with Crippen LogP contribution in [0.1, 0.15) is 15.9 Å². The van der Waals surface area contributed by atoms with Crippen LogP contribution >= 0.6 is 11.6 Å². The van der Waals surface area contributed by atoms with Crippen molar-refractivity contribution in [1.29, 1.82) is 0 Å². The van der Waals surface area contributed by atoms with Gasteiger partial charge in [-0.15, -0.1) is 0 Å². The van der Waals surface area contributed by atoms with E-state index in [1.165, 1.54) is 18.2 Å². The molecular weight excluding hydrogens is 398 g/mol. The Morgan fingerprint density at radius 2 is 2.03 bits per heavy atom. The molecule has 0 radical (unpaired) electrons. The largest absolute Gasteiger partial charge is 0.492 e. The van der Waals surface area contributed by atoms with Crippen molar-refractivity contribution in [3.63, 3.8) is 0 Å². The molecule has 1 heterocycles. The van der Waals surface area contributed by atoms with Crippen molar-refractivity contribution in [3.8, 4) is 5.75 Å². The van der Waals surface area contributed by atoms with Gasteiger partial charge in [0.1, 0.15) is 12.4 Å². The van der Waals surface area contributed by atoms with Gasteiger partial charge in [0.25, 0.3) is 11.6 Å². The molecule has 154 valence electrons. The van der Waals surface area contributed by atoms with Gasteiger partial charge in [-0.1, -0.05) is 23.7 Å². The minimum Gasteiger partial charge on any atom is -0.492 e. The molecule has 29 heavy (non-hydrogen) atoms. The van der Waals surface area contributed by atoms with E-state index in [1.54, 1.807) is 0 Å². The van der Waals surface area contributed by atoms with E-state index in [1.807, 2.05) is 24.3 Å². The van der Waals surface area contributed by atoms with Crippen molar-refractivity contribution in [2.24, 2.45) is 0 Å². The van der Waals surface area contributed by atoms with Gasteiger partial charge in [0.15, 0.2) is 0 Å². The molecule has 3 rings (SSSR count). The van der Waals surface area contributed by atoms with Crippen LogP contribution in [0.25, 0.3) is 0 Å².